The SMILES string of the molecule is CC(C)CN1CCCC(Cn2nc(C3=CC=C3)c3c4c(c(=O)[nH]c32)CCCC4)C1. The van der Waals surface area contributed by atoms with Crippen LogP contribution in [0, 0.1) is 11.8 Å². The van der Waals surface area contributed by atoms with E-state index in [0.717, 1.165) is 55.7 Å². The largest absolute Gasteiger partial charge is 0.307 e. The van der Waals surface area contributed by atoms with Gasteiger partial charge in [0.15, 0.2) is 0 Å². The smallest absolute Gasteiger partial charge is 0.253 e. The first-order valence-electron chi connectivity index (χ1n) is 11.4. The maximum atomic E-state index is 12.8. The molecule has 2 aliphatic carbocycles. The zero-order chi connectivity index (χ0) is 20.0. The summed E-state index contributed by atoms with van der Waals surface area (Å²) < 4.78 is 2.11. The lowest BCUT2D eigenvalue weighted by Crippen LogP contribution is -2.39. The van der Waals surface area contributed by atoms with Gasteiger partial charge in [0.1, 0.15) is 11.3 Å². The summed E-state index contributed by atoms with van der Waals surface area (Å²) in [5.74, 6) is 1.29. The molecule has 3 heterocycles. The summed E-state index contributed by atoms with van der Waals surface area (Å²) in [4.78, 5) is 18.7. The summed E-state index contributed by atoms with van der Waals surface area (Å²) in [6, 6.07) is 0. The van der Waals surface area contributed by atoms with Gasteiger partial charge in [-0.15, -0.1) is 0 Å². The number of pyridine rings is 1. The summed E-state index contributed by atoms with van der Waals surface area (Å²) >= 11 is 0. The van der Waals surface area contributed by atoms with Crippen molar-refractivity contribution in [3.05, 3.63) is 45.4 Å². The number of aromatic nitrogens is 3. The van der Waals surface area contributed by atoms with Crippen molar-refractivity contribution in [2.75, 3.05) is 19.6 Å². The monoisotopic (exact) mass is 392 g/mol. The number of hydrogen-bond acceptors (Lipinski definition) is 3. The number of aryl methyl sites for hydroxylation is 1. The summed E-state index contributed by atoms with van der Waals surface area (Å²) in [5, 5.41) is 6.25. The van der Waals surface area contributed by atoms with Gasteiger partial charge in [0.25, 0.3) is 5.56 Å². The molecule has 154 valence electrons. The number of H-pyrrole nitrogens is 1. The van der Waals surface area contributed by atoms with Crippen LogP contribution in [0.1, 0.15) is 56.4 Å². The zero-order valence-electron chi connectivity index (χ0n) is 17.7. The first-order valence-corrected chi connectivity index (χ1v) is 11.4. The second-order valence-electron chi connectivity index (χ2n) is 9.52. The van der Waals surface area contributed by atoms with Crippen molar-refractivity contribution in [1.82, 2.24) is 19.7 Å². The van der Waals surface area contributed by atoms with Crippen LogP contribution in [-0.4, -0.2) is 39.3 Å². The minimum Gasteiger partial charge on any atom is -0.307 e. The number of aromatic amines is 1. The fourth-order valence-electron chi connectivity index (χ4n) is 5.40. The number of rotatable bonds is 5. The fraction of sp³-hybridized carbons (Fsp3) is 0.583. The van der Waals surface area contributed by atoms with E-state index in [1.54, 1.807) is 0 Å². The molecular weight excluding hydrogens is 360 g/mol. The van der Waals surface area contributed by atoms with Gasteiger partial charge in [-0.3, -0.25) is 4.79 Å². The molecule has 0 amide bonds. The predicted octanol–water partition coefficient (Wildman–Crippen LogP) is 3.92. The van der Waals surface area contributed by atoms with Crippen molar-refractivity contribution in [1.29, 1.82) is 0 Å². The Morgan fingerprint density at radius 2 is 2.00 bits per heavy atom. The van der Waals surface area contributed by atoms with Crippen LogP contribution in [0.4, 0.5) is 0 Å². The van der Waals surface area contributed by atoms with Gasteiger partial charge in [0.05, 0.1) is 0 Å². The van der Waals surface area contributed by atoms with E-state index in [1.165, 1.54) is 42.5 Å². The van der Waals surface area contributed by atoms with Gasteiger partial charge in [-0.1, -0.05) is 32.1 Å². The molecule has 0 radical (unpaired) electrons. The quantitative estimate of drug-likeness (QED) is 0.839. The Labute approximate surface area is 172 Å². The number of likely N-dealkylation sites (tertiary alicyclic amines) is 1. The molecule has 1 unspecified atom stereocenters. The molecule has 1 N–H and O–H groups in total. The van der Waals surface area contributed by atoms with Gasteiger partial charge in [-0.05, 0) is 62.5 Å². The number of piperidine rings is 1. The number of nitrogens with zero attached hydrogens (tertiary/aromatic N) is 3. The summed E-state index contributed by atoms with van der Waals surface area (Å²) in [6.45, 7) is 8.99. The summed E-state index contributed by atoms with van der Waals surface area (Å²) in [6.07, 6.45) is 13.0. The molecule has 2 aromatic heterocycles. The van der Waals surface area contributed by atoms with Gasteiger partial charge in [-0.25, -0.2) is 4.68 Å². The molecule has 1 fully saturated rings. The van der Waals surface area contributed by atoms with Gasteiger partial charge < -0.3 is 9.88 Å². The first kappa shape index (κ1) is 18.9. The predicted molar refractivity (Wildman–Crippen MR) is 118 cm³/mol. The molecule has 1 aliphatic heterocycles. The van der Waals surface area contributed by atoms with E-state index in [9.17, 15) is 4.79 Å². The lowest BCUT2D eigenvalue weighted by Gasteiger charge is -2.33. The highest BCUT2D eigenvalue weighted by Gasteiger charge is 2.27. The maximum Gasteiger partial charge on any atom is 0.253 e. The van der Waals surface area contributed by atoms with Gasteiger partial charge in [0, 0.05) is 36.2 Å². The zero-order valence-corrected chi connectivity index (χ0v) is 17.7. The molecule has 29 heavy (non-hydrogen) atoms. The van der Waals surface area contributed by atoms with E-state index >= 15 is 0 Å². The van der Waals surface area contributed by atoms with Crippen molar-refractivity contribution in [3.63, 3.8) is 0 Å². The average molecular weight is 393 g/mol. The van der Waals surface area contributed by atoms with E-state index in [1.807, 2.05) is 0 Å². The van der Waals surface area contributed by atoms with E-state index in [2.05, 4.69) is 46.6 Å². The molecule has 5 rings (SSSR count). The highest BCUT2D eigenvalue weighted by molar-refractivity contribution is 5.96. The Morgan fingerprint density at radius 1 is 1.21 bits per heavy atom. The van der Waals surface area contributed by atoms with E-state index in [-0.39, 0.29) is 5.56 Å². The maximum absolute atomic E-state index is 12.8. The van der Waals surface area contributed by atoms with Crippen LogP contribution in [-0.2, 0) is 19.4 Å². The highest BCUT2D eigenvalue weighted by atomic mass is 16.1. The van der Waals surface area contributed by atoms with Crippen molar-refractivity contribution in [2.24, 2.45) is 11.8 Å². The molecular formula is C24H32N4O. The summed E-state index contributed by atoms with van der Waals surface area (Å²) in [5.41, 5.74) is 5.54. The average Bonchev–Trinajstić information content (AvgIpc) is 2.98. The van der Waals surface area contributed by atoms with Crippen LogP contribution in [0.25, 0.3) is 16.6 Å². The lowest BCUT2D eigenvalue weighted by atomic mass is 9.89. The first-order chi connectivity index (χ1) is 14.1. The fourth-order valence-corrected chi connectivity index (χ4v) is 5.40. The number of hydrogen-bond donors (Lipinski definition) is 1. The Kier molecular flexibility index (Phi) is 4.94. The van der Waals surface area contributed by atoms with Crippen molar-refractivity contribution in [3.8, 4) is 0 Å². The van der Waals surface area contributed by atoms with E-state index < -0.39 is 0 Å². The standard InChI is InChI=1S/C24H32N4O/c1-16(2)13-27-12-6-7-17(14-27)15-28-23-21(22(26-28)18-8-5-9-18)19-10-3-4-11-20(19)24(29)25-23/h5,8-9,16-17H,3-4,6-7,10-15H2,1-2H3,(H,25,29). The van der Waals surface area contributed by atoms with Crippen LogP contribution < -0.4 is 5.56 Å². The Hall–Kier alpha value is -2.14. The van der Waals surface area contributed by atoms with E-state index in [0.29, 0.717) is 11.8 Å². The van der Waals surface area contributed by atoms with Crippen molar-refractivity contribution < 1.29 is 0 Å². The molecule has 5 nitrogen and oxygen atoms in total. The molecule has 5 heteroatoms. The Balaban J connectivity index is 1.53. The lowest BCUT2D eigenvalue weighted by molar-refractivity contribution is 0.146. The highest BCUT2D eigenvalue weighted by Crippen LogP contribution is 2.34. The van der Waals surface area contributed by atoms with Crippen LogP contribution in [0.2, 0.25) is 0 Å². The minimum atomic E-state index is 0.100. The molecule has 1 saturated heterocycles. The second kappa shape index (κ2) is 7.60. The van der Waals surface area contributed by atoms with Crippen molar-refractivity contribution in [2.45, 2.75) is 58.9 Å². The van der Waals surface area contributed by atoms with Gasteiger partial charge in [-0.2, -0.15) is 5.10 Å². The van der Waals surface area contributed by atoms with E-state index in [4.69, 9.17) is 5.10 Å². The molecule has 1 atom stereocenters. The van der Waals surface area contributed by atoms with Crippen molar-refractivity contribution >= 4 is 16.6 Å². The topological polar surface area (TPSA) is 53.9 Å². The third-order valence-corrected chi connectivity index (χ3v) is 6.71. The minimum absolute atomic E-state index is 0.100. The van der Waals surface area contributed by atoms with Crippen LogP contribution >= 0.6 is 0 Å². The molecule has 0 bridgehead atoms. The van der Waals surface area contributed by atoms with Crippen LogP contribution in [0.3, 0.4) is 0 Å². The molecule has 0 aromatic carbocycles. The number of allylic oxidation sites excluding steroid dienone is 4. The third-order valence-electron chi connectivity index (χ3n) is 6.71. The molecule has 3 aliphatic rings. The third kappa shape index (κ3) is 3.50. The number of fused-ring (bicyclic) bond motifs is 3. The van der Waals surface area contributed by atoms with Gasteiger partial charge in [0.2, 0.25) is 0 Å². The number of nitrogens with one attached hydrogen (secondary N) is 1. The molecule has 2 aromatic rings. The van der Waals surface area contributed by atoms with Crippen LogP contribution in [0.5, 0.6) is 0 Å². The summed E-state index contributed by atoms with van der Waals surface area (Å²) in [7, 11) is 0. The Morgan fingerprint density at radius 3 is 2.72 bits per heavy atom. The molecule has 0 saturated carbocycles. The van der Waals surface area contributed by atoms with Crippen LogP contribution in [0.15, 0.2) is 23.0 Å². The second-order valence-corrected chi connectivity index (χ2v) is 9.52. The normalized spacial score (nSPS) is 22.0. The molecule has 0 spiro atoms. The Bertz CT molecular complexity index is 1040. The van der Waals surface area contributed by atoms with Gasteiger partial charge >= 0.3 is 0 Å².